The molecule has 2 unspecified atom stereocenters. The zero-order valence-electron chi connectivity index (χ0n) is 10.9. The molecule has 3 N–H and O–H groups in total. The summed E-state index contributed by atoms with van der Waals surface area (Å²) in [7, 11) is 0. The molecule has 110 valence electrons. The van der Waals surface area contributed by atoms with Crippen LogP contribution in [-0.2, 0) is 11.2 Å². The summed E-state index contributed by atoms with van der Waals surface area (Å²) in [6.45, 7) is 0. The van der Waals surface area contributed by atoms with Crippen molar-refractivity contribution in [3.63, 3.8) is 0 Å². The van der Waals surface area contributed by atoms with E-state index in [1.807, 2.05) is 0 Å². The molecule has 0 heterocycles. The van der Waals surface area contributed by atoms with Crippen LogP contribution in [0, 0.1) is 5.92 Å². The number of para-hydroxylation sites is 1. The Morgan fingerprint density at radius 3 is 2.60 bits per heavy atom. The standard InChI is InChI=1S/C14H17F3N2O/c15-14(16,17)8-10-3-1-2-4-12(10)19-13(20)9-5-6-11(18)7-9/h1-4,9,11H,5-8,18H2,(H,19,20). The summed E-state index contributed by atoms with van der Waals surface area (Å²) in [4.78, 5) is 12.0. The Morgan fingerprint density at radius 2 is 2.00 bits per heavy atom. The number of hydrogen-bond acceptors (Lipinski definition) is 2. The number of carbonyl (C=O) groups excluding carboxylic acids is 1. The van der Waals surface area contributed by atoms with Crippen LogP contribution in [-0.4, -0.2) is 18.1 Å². The van der Waals surface area contributed by atoms with Crippen LogP contribution >= 0.6 is 0 Å². The minimum absolute atomic E-state index is 0.0103. The number of amides is 1. The van der Waals surface area contributed by atoms with Gasteiger partial charge in [0.2, 0.25) is 5.91 Å². The topological polar surface area (TPSA) is 55.1 Å². The first-order valence-electron chi connectivity index (χ1n) is 6.56. The number of alkyl halides is 3. The molecule has 0 spiro atoms. The van der Waals surface area contributed by atoms with Crippen molar-refractivity contribution in [2.24, 2.45) is 11.7 Å². The summed E-state index contributed by atoms with van der Waals surface area (Å²) in [5, 5.41) is 2.60. The molecule has 0 aromatic heterocycles. The van der Waals surface area contributed by atoms with Gasteiger partial charge in [-0.15, -0.1) is 0 Å². The highest BCUT2D eigenvalue weighted by Crippen LogP contribution is 2.29. The van der Waals surface area contributed by atoms with Gasteiger partial charge in [-0.1, -0.05) is 18.2 Å². The molecule has 20 heavy (non-hydrogen) atoms. The molecule has 1 amide bonds. The molecule has 6 heteroatoms. The molecule has 1 aromatic carbocycles. The van der Waals surface area contributed by atoms with Gasteiger partial charge in [0.05, 0.1) is 6.42 Å². The molecular weight excluding hydrogens is 269 g/mol. The van der Waals surface area contributed by atoms with Crippen molar-refractivity contribution in [3.8, 4) is 0 Å². The van der Waals surface area contributed by atoms with Crippen molar-refractivity contribution in [3.05, 3.63) is 29.8 Å². The second kappa shape index (κ2) is 5.83. The maximum Gasteiger partial charge on any atom is 0.393 e. The zero-order valence-corrected chi connectivity index (χ0v) is 10.9. The first-order chi connectivity index (χ1) is 9.35. The van der Waals surface area contributed by atoms with Gasteiger partial charge in [-0.05, 0) is 30.9 Å². The van der Waals surface area contributed by atoms with E-state index in [1.165, 1.54) is 18.2 Å². The van der Waals surface area contributed by atoms with Gasteiger partial charge >= 0.3 is 6.18 Å². The maximum atomic E-state index is 12.5. The number of rotatable bonds is 3. The second-order valence-electron chi connectivity index (χ2n) is 5.21. The predicted molar refractivity (Wildman–Crippen MR) is 70.1 cm³/mol. The maximum absolute atomic E-state index is 12.5. The molecule has 0 aliphatic heterocycles. The van der Waals surface area contributed by atoms with E-state index in [-0.39, 0.29) is 29.1 Å². The average molecular weight is 286 g/mol. The first kappa shape index (κ1) is 14.8. The van der Waals surface area contributed by atoms with Crippen LogP contribution < -0.4 is 11.1 Å². The van der Waals surface area contributed by atoms with Crippen LogP contribution in [0.3, 0.4) is 0 Å². The normalized spacial score (nSPS) is 22.8. The van der Waals surface area contributed by atoms with Crippen molar-refractivity contribution >= 4 is 11.6 Å². The summed E-state index contributed by atoms with van der Waals surface area (Å²) in [6.07, 6.45) is -3.28. The highest BCUT2D eigenvalue weighted by atomic mass is 19.4. The SMILES string of the molecule is NC1CCC(C(=O)Nc2ccccc2CC(F)(F)F)C1. The number of halogens is 3. The average Bonchev–Trinajstić information content (AvgIpc) is 2.77. The first-order valence-corrected chi connectivity index (χ1v) is 6.56. The van der Waals surface area contributed by atoms with Gasteiger partial charge in [-0.3, -0.25) is 4.79 Å². The van der Waals surface area contributed by atoms with Crippen LogP contribution in [0.4, 0.5) is 18.9 Å². The molecule has 0 bridgehead atoms. The van der Waals surface area contributed by atoms with E-state index in [0.717, 1.165) is 6.42 Å². The molecule has 2 rings (SSSR count). The van der Waals surface area contributed by atoms with Crippen molar-refractivity contribution in [2.75, 3.05) is 5.32 Å². The Balaban J connectivity index is 2.07. The van der Waals surface area contributed by atoms with Gasteiger partial charge in [-0.25, -0.2) is 0 Å². The second-order valence-corrected chi connectivity index (χ2v) is 5.21. The molecule has 2 atom stereocenters. The van der Waals surface area contributed by atoms with Crippen molar-refractivity contribution in [1.29, 1.82) is 0 Å². The third-order valence-corrected chi connectivity index (χ3v) is 3.51. The van der Waals surface area contributed by atoms with Crippen LogP contribution in [0.1, 0.15) is 24.8 Å². The number of anilines is 1. The lowest BCUT2D eigenvalue weighted by atomic mass is 10.1. The van der Waals surface area contributed by atoms with Crippen LogP contribution in [0.5, 0.6) is 0 Å². The van der Waals surface area contributed by atoms with Gasteiger partial charge in [0, 0.05) is 17.6 Å². The van der Waals surface area contributed by atoms with Crippen LogP contribution in [0.2, 0.25) is 0 Å². The molecular formula is C14H17F3N2O. The fourth-order valence-corrected chi connectivity index (χ4v) is 2.50. The van der Waals surface area contributed by atoms with Gasteiger partial charge in [-0.2, -0.15) is 13.2 Å². The summed E-state index contributed by atoms with van der Waals surface area (Å²) >= 11 is 0. The van der Waals surface area contributed by atoms with Crippen molar-refractivity contribution in [1.82, 2.24) is 0 Å². The lowest BCUT2D eigenvalue weighted by Gasteiger charge is -2.15. The summed E-state index contributed by atoms with van der Waals surface area (Å²) in [6, 6.07) is 6.02. The summed E-state index contributed by atoms with van der Waals surface area (Å²) in [5.41, 5.74) is 6.05. The smallest absolute Gasteiger partial charge is 0.328 e. The Kier molecular flexibility index (Phi) is 4.32. The highest BCUT2D eigenvalue weighted by molar-refractivity contribution is 5.93. The van der Waals surface area contributed by atoms with Crippen LogP contribution in [0.15, 0.2) is 24.3 Å². The highest BCUT2D eigenvalue weighted by Gasteiger charge is 2.31. The van der Waals surface area contributed by atoms with E-state index >= 15 is 0 Å². The van der Waals surface area contributed by atoms with E-state index < -0.39 is 12.6 Å². The predicted octanol–water partition coefficient (Wildman–Crippen LogP) is 2.86. The molecule has 1 aromatic rings. The fourth-order valence-electron chi connectivity index (χ4n) is 2.50. The number of nitrogens with one attached hydrogen (secondary N) is 1. The monoisotopic (exact) mass is 286 g/mol. The molecule has 0 saturated heterocycles. The van der Waals surface area contributed by atoms with Crippen LogP contribution in [0.25, 0.3) is 0 Å². The minimum atomic E-state index is -4.30. The van der Waals surface area contributed by atoms with E-state index in [1.54, 1.807) is 6.07 Å². The number of benzene rings is 1. The van der Waals surface area contributed by atoms with E-state index in [4.69, 9.17) is 5.73 Å². The largest absolute Gasteiger partial charge is 0.393 e. The zero-order chi connectivity index (χ0) is 14.8. The number of hydrogen-bond donors (Lipinski definition) is 2. The molecule has 1 saturated carbocycles. The molecule has 1 aliphatic rings. The number of nitrogens with two attached hydrogens (primary N) is 1. The summed E-state index contributed by atoms with van der Waals surface area (Å²) < 4.78 is 37.4. The number of carbonyl (C=O) groups is 1. The Bertz CT molecular complexity index is 488. The fraction of sp³-hybridized carbons (Fsp3) is 0.500. The molecule has 3 nitrogen and oxygen atoms in total. The lowest BCUT2D eigenvalue weighted by Crippen LogP contribution is -2.24. The Labute approximate surface area is 115 Å². The Hall–Kier alpha value is -1.56. The third-order valence-electron chi connectivity index (χ3n) is 3.51. The Morgan fingerprint density at radius 1 is 1.30 bits per heavy atom. The summed E-state index contributed by atoms with van der Waals surface area (Å²) in [5.74, 6) is -0.448. The van der Waals surface area contributed by atoms with Gasteiger partial charge in [0.25, 0.3) is 0 Å². The quantitative estimate of drug-likeness (QED) is 0.897. The molecule has 1 aliphatic carbocycles. The van der Waals surface area contributed by atoms with Gasteiger partial charge in [0.1, 0.15) is 0 Å². The van der Waals surface area contributed by atoms with Crippen molar-refractivity contribution < 1.29 is 18.0 Å². The third kappa shape index (κ3) is 3.96. The van der Waals surface area contributed by atoms with E-state index in [9.17, 15) is 18.0 Å². The molecule has 0 radical (unpaired) electrons. The van der Waals surface area contributed by atoms with E-state index in [2.05, 4.69) is 5.32 Å². The lowest BCUT2D eigenvalue weighted by molar-refractivity contribution is -0.127. The van der Waals surface area contributed by atoms with Gasteiger partial charge in [0.15, 0.2) is 0 Å². The van der Waals surface area contributed by atoms with Gasteiger partial charge < -0.3 is 11.1 Å². The minimum Gasteiger partial charge on any atom is -0.328 e. The van der Waals surface area contributed by atoms with Crippen molar-refractivity contribution in [2.45, 2.75) is 37.9 Å². The molecule has 1 fully saturated rings. The van der Waals surface area contributed by atoms with E-state index in [0.29, 0.717) is 12.8 Å².